The lowest BCUT2D eigenvalue weighted by atomic mass is 9.86. The van der Waals surface area contributed by atoms with Crippen molar-refractivity contribution in [1.29, 1.82) is 0 Å². The van der Waals surface area contributed by atoms with Crippen LogP contribution in [0.5, 0.6) is 0 Å². The van der Waals surface area contributed by atoms with Gasteiger partial charge in [0.05, 0.1) is 5.60 Å². The normalized spacial score (nSPS) is 14.1. The largest absolute Gasteiger partial charge is 0.378 e. The second-order valence-electron chi connectivity index (χ2n) is 4.44. The van der Waals surface area contributed by atoms with Gasteiger partial charge in [-0.25, -0.2) is 0 Å². The molecule has 0 spiro atoms. The fraction of sp³-hybridized carbons (Fsp3) is 0.538. The molecule has 0 aliphatic rings. The maximum atomic E-state index is 5.48. The SMILES string of the molecule is COC(C)(C)C(C)c1ccc(C)cc1. The molecule has 0 amide bonds. The monoisotopic (exact) mass is 192 g/mol. The maximum absolute atomic E-state index is 5.48. The number of benzene rings is 1. The highest BCUT2D eigenvalue weighted by molar-refractivity contribution is 5.25. The molecule has 0 bridgehead atoms. The van der Waals surface area contributed by atoms with E-state index in [9.17, 15) is 0 Å². The van der Waals surface area contributed by atoms with E-state index in [0.717, 1.165) is 0 Å². The average molecular weight is 192 g/mol. The Hall–Kier alpha value is -0.820. The van der Waals surface area contributed by atoms with Crippen LogP contribution in [-0.2, 0) is 4.74 Å². The smallest absolute Gasteiger partial charge is 0.0688 e. The van der Waals surface area contributed by atoms with Gasteiger partial charge in [0, 0.05) is 13.0 Å². The third kappa shape index (κ3) is 2.36. The Labute approximate surface area is 87.1 Å². The van der Waals surface area contributed by atoms with Gasteiger partial charge in [-0.2, -0.15) is 0 Å². The summed E-state index contributed by atoms with van der Waals surface area (Å²) in [5.74, 6) is 0.410. The van der Waals surface area contributed by atoms with Crippen molar-refractivity contribution < 1.29 is 4.74 Å². The summed E-state index contributed by atoms with van der Waals surface area (Å²) in [4.78, 5) is 0. The molecule has 0 aromatic heterocycles. The lowest BCUT2D eigenvalue weighted by Gasteiger charge is -2.30. The van der Waals surface area contributed by atoms with E-state index in [4.69, 9.17) is 4.74 Å². The minimum Gasteiger partial charge on any atom is -0.378 e. The number of hydrogen-bond donors (Lipinski definition) is 0. The van der Waals surface area contributed by atoms with E-state index >= 15 is 0 Å². The van der Waals surface area contributed by atoms with Gasteiger partial charge in [0.1, 0.15) is 0 Å². The summed E-state index contributed by atoms with van der Waals surface area (Å²) in [7, 11) is 1.77. The van der Waals surface area contributed by atoms with Crippen LogP contribution in [0.1, 0.15) is 37.8 Å². The van der Waals surface area contributed by atoms with Gasteiger partial charge in [0.25, 0.3) is 0 Å². The second-order valence-corrected chi connectivity index (χ2v) is 4.44. The number of methoxy groups -OCH3 is 1. The highest BCUT2D eigenvalue weighted by Gasteiger charge is 2.26. The van der Waals surface area contributed by atoms with Gasteiger partial charge in [-0.15, -0.1) is 0 Å². The number of ether oxygens (including phenoxy) is 1. The third-order valence-corrected chi connectivity index (χ3v) is 3.15. The Balaban J connectivity index is 2.89. The molecule has 0 saturated heterocycles. The minimum atomic E-state index is -0.102. The van der Waals surface area contributed by atoms with Crippen LogP contribution in [0, 0.1) is 6.92 Å². The zero-order valence-corrected chi connectivity index (χ0v) is 9.79. The Morgan fingerprint density at radius 2 is 1.64 bits per heavy atom. The lowest BCUT2D eigenvalue weighted by molar-refractivity contribution is 0.00323. The van der Waals surface area contributed by atoms with Crippen molar-refractivity contribution in [2.45, 2.75) is 39.2 Å². The van der Waals surface area contributed by atoms with Gasteiger partial charge in [-0.1, -0.05) is 36.8 Å². The Bertz CT molecular complexity index is 285. The van der Waals surface area contributed by atoms with E-state index in [2.05, 4.69) is 52.0 Å². The van der Waals surface area contributed by atoms with Crippen molar-refractivity contribution >= 4 is 0 Å². The van der Waals surface area contributed by atoms with Crippen molar-refractivity contribution in [3.63, 3.8) is 0 Å². The zero-order valence-electron chi connectivity index (χ0n) is 9.79. The molecule has 1 unspecified atom stereocenters. The van der Waals surface area contributed by atoms with Crippen LogP contribution in [0.25, 0.3) is 0 Å². The van der Waals surface area contributed by atoms with Crippen molar-refractivity contribution in [2.24, 2.45) is 0 Å². The molecule has 0 heterocycles. The summed E-state index contributed by atoms with van der Waals surface area (Å²) >= 11 is 0. The zero-order chi connectivity index (χ0) is 10.8. The van der Waals surface area contributed by atoms with Crippen LogP contribution in [-0.4, -0.2) is 12.7 Å². The highest BCUT2D eigenvalue weighted by Crippen LogP contribution is 2.29. The van der Waals surface area contributed by atoms with E-state index in [-0.39, 0.29) is 5.60 Å². The van der Waals surface area contributed by atoms with Crippen LogP contribution in [0.3, 0.4) is 0 Å². The van der Waals surface area contributed by atoms with Gasteiger partial charge in [0.2, 0.25) is 0 Å². The van der Waals surface area contributed by atoms with Crippen LogP contribution in [0.4, 0.5) is 0 Å². The first-order valence-corrected chi connectivity index (χ1v) is 5.09. The molecule has 1 rings (SSSR count). The topological polar surface area (TPSA) is 9.23 Å². The highest BCUT2D eigenvalue weighted by atomic mass is 16.5. The molecular formula is C13H20O. The van der Waals surface area contributed by atoms with Crippen LogP contribution in [0.2, 0.25) is 0 Å². The second kappa shape index (κ2) is 4.14. The third-order valence-electron chi connectivity index (χ3n) is 3.15. The van der Waals surface area contributed by atoms with Crippen molar-refractivity contribution in [3.05, 3.63) is 35.4 Å². The van der Waals surface area contributed by atoms with Gasteiger partial charge < -0.3 is 4.74 Å². The summed E-state index contributed by atoms with van der Waals surface area (Å²) in [5.41, 5.74) is 2.54. The number of hydrogen-bond acceptors (Lipinski definition) is 1. The Morgan fingerprint density at radius 3 is 2.07 bits per heavy atom. The molecule has 1 nitrogen and oxygen atoms in total. The maximum Gasteiger partial charge on any atom is 0.0688 e. The summed E-state index contributed by atoms with van der Waals surface area (Å²) in [6.45, 7) is 8.55. The van der Waals surface area contributed by atoms with Crippen LogP contribution >= 0.6 is 0 Å². The Kier molecular flexibility index (Phi) is 3.33. The van der Waals surface area contributed by atoms with Gasteiger partial charge >= 0.3 is 0 Å². The van der Waals surface area contributed by atoms with E-state index in [1.807, 2.05) is 0 Å². The number of aryl methyl sites for hydroxylation is 1. The van der Waals surface area contributed by atoms with E-state index < -0.39 is 0 Å². The number of rotatable bonds is 3. The van der Waals surface area contributed by atoms with Gasteiger partial charge in [-0.3, -0.25) is 0 Å². The molecule has 0 saturated carbocycles. The first-order valence-electron chi connectivity index (χ1n) is 5.09. The fourth-order valence-corrected chi connectivity index (χ4v) is 1.43. The lowest BCUT2D eigenvalue weighted by Crippen LogP contribution is -2.29. The fourth-order valence-electron chi connectivity index (χ4n) is 1.43. The molecule has 1 aromatic rings. The predicted molar refractivity (Wildman–Crippen MR) is 60.7 cm³/mol. The molecule has 0 radical (unpaired) electrons. The minimum absolute atomic E-state index is 0.102. The van der Waals surface area contributed by atoms with E-state index in [0.29, 0.717) is 5.92 Å². The summed E-state index contributed by atoms with van der Waals surface area (Å²) in [5, 5.41) is 0. The molecule has 1 heteroatoms. The molecule has 0 aliphatic carbocycles. The molecule has 1 atom stereocenters. The Morgan fingerprint density at radius 1 is 1.14 bits per heavy atom. The molecule has 0 fully saturated rings. The molecule has 78 valence electrons. The first kappa shape index (κ1) is 11.3. The van der Waals surface area contributed by atoms with Gasteiger partial charge in [-0.05, 0) is 26.3 Å². The summed E-state index contributed by atoms with van der Waals surface area (Å²) in [6.07, 6.45) is 0. The molecular weight excluding hydrogens is 172 g/mol. The van der Waals surface area contributed by atoms with Gasteiger partial charge in [0.15, 0.2) is 0 Å². The molecule has 0 aliphatic heterocycles. The first-order chi connectivity index (χ1) is 6.47. The molecule has 0 N–H and O–H groups in total. The van der Waals surface area contributed by atoms with E-state index in [1.54, 1.807) is 7.11 Å². The summed E-state index contributed by atoms with van der Waals surface area (Å²) < 4.78 is 5.48. The van der Waals surface area contributed by atoms with Crippen LogP contribution in [0.15, 0.2) is 24.3 Å². The van der Waals surface area contributed by atoms with E-state index in [1.165, 1.54) is 11.1 Å². The molecule has 14 heavy (non-hydrogen) atoms. The van der Waals surface area contributed by atoms with Crippen molar-refractivity contribution in [1.82, 2.24) is 0 Å². The quantitative estimate of drug-likeness (QED) is 0.712. The average Bonchev–Trinajstić information content (AvgIpc) is 2.18. The molecule has 1 aromatic carbocycles. The van der Waals surface area contributed by atoms with Crippen LogP contribution < -0.4 is 0 Å². The predicted octanol–water partition coefficient (Wildman–Crippen LogP) is 3.52. The van der Waals surface area contributed by atoms with Crippen molar-refractivity contribution in [2.75, 3.05) is 7.11 Å². The standard InChI is InChI=1S/C13H20O/c1-10-6-8-12(9-7-10)11(2)13(3,4)14-5/h6-9,11H,1-5H3. The van der Waals surface area contributed by atoms with Crippen molar-refractivity contribution in [3.8, 4) is 0 Å². The summed E-state index contributed by atoms with van der Waals surface area (Å²) in [6, 6.07) is 8.66.